The molecule has 168 valence electrons. The summed E-state index contributed by atoms with van der Waals surface area (Å²) >= 11 is 0. The molecule has 32 heavy (non-hydrogen) atoms. The number of nitrogens with zero attached hydrogens (tertiary/aromatic N) is 1. The van der Waals surface area contributed by atoms with E-state index in [1.165, 1.54) is 28.8 Å². The minimum absolute atomic E-state index is 0. The molecule has 3 aromatic carbocycles. The molecule has 3 aromatic rings. The molecule has 0 radical (unpaired) electrons. The number of alkyl halides is 3. The Morgan fingerprint density at radius 2 is 1.56 bits per heavy atom. The van der Waals surface area contributed by atoms with E-state index in [-0.39, 0.29) is 18.4 Å². The van der Waals surface area contributed by atoms with Crippen LogP contribution in [0.3, 0.4) is 0 Å². The van der Waals surface area contributed by atoms with Crippen LogP contribution in [0.5, 0.6) is 0 Å². The molecule has 0 bridgehead atoms. The maximum atomic E-state index is 13.0. The van der Waals surface area contributed by atoms with Gasteiger partial charge >= 0.3 is 6.18 Å². The predicted octanol–water partition coefficient (Wildman–Crippen LogP) is 7.57. The van der Waals surface area contributed by atoms with Crippen LogP contribution in [-0.2, 0) is 12.6 Å². The molecule has 1 aliphatic rings. The van der Waals surface area contributed by atoms with E-state index in [2.05, 4.69) is 66.4 Å². The SMILES string of the molecule is CC(c1ccc(Cc2ccccc2)cc1)N1CC=C(c2cccc(C(F)(F)F)c2)CC1.Cl. The fraction of sp³-hybridized carbons (Fsp3) is 0.259. The van der Waals surface area contributed by atoms with Crippen LogP contribution < -0.4 is 0 Å². The first-order chi connectivity index (χ1) is 14.9. The zero-order valence-electron chi connectivity index (χ0n) is 18.0. The molecule has 0 saturated heterocycles. The van der Waals surface area contributed by atoms with Crippen molar-refractivity contribution in [1.82, 2.24) is 4.90 Å². The van der Waals surface area contributed by atoms with Gasteiger partial charge in [0.25, 0.3) is 0 Å². The number of hydrogen-bond donors (Lipinski definition) is 0. The van der Waals surface area contributed by atoms with E-state index in [4.69, 9.17) is 0 Å². The van der Waals surface area contributed by atoms with Gasteiger partial charge in [-0.1, -0.05) is 72.8 Å². The van der Waals surface area contributed by atoms with Crippen molar-refractivity contribution in [3.05, 3.63) is 113 Å². The fourth-order valence-corrected chi connectivity index (χ4v) is 4.15. The van der Waals surface area contributed by atoms with E-state index in [9.17, 15) is 13.2 Å². The van der Waals surface area contributed by atoms with Crippen LogP contribution in [-0.4, -0.2) is 18.0 Å². The van der Waals surface area contributed by atoms with Gasteiger partial charge in [0.2, 0.25) is 0 Å². The molecule has 1 nitrogen and oxygen atoms in total. The molecule has 0 saturated carbocycles. The normalized spacial score (nSPS) is 15.6. The van der Waals surface area contributed by atoms with Gasteiger partial charge in [-0.2, -0.15) is 13.2 Å². The number of hydrogen-bond acceptors (Lipinski definition) is 1. The van der Waals surface area contributed by atoms with Gasteiger partial charge < -0.3 is 0 Å². The van der Waals surface area contributed by atoms with Crippen LogP contribution in [0, 0.1) is 0 Å². The molecule has 1 atom stereocenters. The number of rotatable bonds is 5. The summed E-state index contributed by atoms with van der Waals surface area (Å²) in [7, 11) is 0. The second-order valence-corrected chi connectivity index (χ2v) is 8.13. The second-order valence-electron chi connectivity index (χ2n) is 8.13. The molecule has 0 aliphatic carbocycles. The summed E-state index contributed by atoms with van der Waals surface area (Å²) in [5, 5.41) is 0. The van der Waals surface area contributed by atoms with Crippen molar-refractivity contribution in [1.29, 1.82) is 0 Å². The van der Waals surface area contributed by atoms with Gasteiger partial charge in [0.1, 0.15) is 0 Å². The minimum atomic E-state index is -4.31. The Labute approximate surface area is 194 Å². The number of halogens is 4. The van der Waals surface area contributed by atoms with E-state index in [0.717, 1.165) is 37.6 Å². The molecule has 1 aliphatic heterocycles. The summed E-state index contributed by atoms with van der Waals surface area (Å²) < 4.78 is 39.0. The van der Waals surface area contributed by atoms with Gasteiger partial charge in [-0.25, -0.2) is 0 Å². The summed E-state index contributed by atoms with van der Waals surface area (Å²) in [4.78, 5) is 2.36. The topological polar surface area (TPSA) is 3.24 Å². The number of benzene rings is 3. The third kappa shape index (κ3) is 5.81. The van der Waals surface area contributed by atoms with Gasteiger partial charge in [0.05, 0.1) is 5.56 Å². The van der Waals surface area contributed by atoms with E-state index >= 15 is 0 Å². The summed E-state index contributed by atoms with van der Waals surface area (Å²) in [6.07, 6.45) is -0.572. The Hall–Kier alpha value is -2.56. The minimum Gasteiger partial charge on any atom is -0.293 e. The molecule has 0 spiro atoms. The Morgan fingerprint density at radius 1 is 0.875 bits per heavy atom. The molecule has 1 heterocycles. The van der Waals surface area contributed by atoms with Crippen molar-refractivity contribution in [2.45, 2.75) is 32.0 Å². The lowest BCUT2D eigenvalue weighted by Gasteiger charge is -2.32. The highest BCUT2D eigenvalue weighted by molar-refractivity contribution is 5.85. The quantitative estimate of drug-likeness (QED) is 0.382. The first-order valence-electron chi connectivity index (χ1n) is 10.6. The summed E-state index contributed by atoms with van der Waals surface area (Å²) in [5.41, 5.74) is 4.92. The lowest BCUT2D eigenvalue weighted by atomic mass is 9.95. The van der Waals surface area contributed by atoms with Gasteiger partial charge in [-0.3, -0.25) is 4.90 Å². The molecule has 0 fully saturated rings. The van der Waals surface area contributed by atoms with Crippen LogP contribution in [0.4, 0.5) is 13.2 Å². The summed E-state index contributed by atoms with van der Waals surface area (Å²) in [6.45, 7) is 3.75. The maximum absolute atomic E-state index is 13.0. The van der Waals surface area contributed by atoms with Crippen LogP contribution in [0.2, 0.25) is 0 Å². The van der Waals surface area contributed by atoms with Crippen molar-refractivity contribution in [2.24, 2.45) is 0 Å². The summed E-state index contributed by atoms with van der Waals surface area (Å²) in [6, 6.07) is 25.1. The predicted molar refractivity (Wildman–Crippen MR) is 127 cm³/mol. The highest BCUT2D eigenvalue weighted by Gasteiger charge is 2.30. The average Bonchev–Trinajstić information content (AvgIpc) is 2.79. The standard InChI is InChI=1S/C27H26F3N.ClH/c1-20(23-12-10-22(11-13-23)18-21-6-3-2-4-7-21)31-16-14-24(15-17-31)25-8-5-9-26(19-25)27(28,29)30;/h2-14,19-20H,15-18H2,1H3;1H. The maximum Gasteiger partial charge on any atom is 0.416 e. The molecule has 1 unspecified atom stereocenters. The third-order valence-electron chi connectivity index (χ3n) is 6.06. The first kappa shape index (κ1) is 24.1. The van der Waals surface area contributed by atoms with Crippen LogP contribution in [0.25, 0.3) is 5.57 Å². The smallest absolute Gasteiger partial charge is 0.293 e. The highest BCUT2D eigenvalue weighted by atomic mass is 35.5. The molecule has 5 heteroatoms. The van der Waals surface area contributed by atoms with Crippen LogP contribution >= 0.6 is 12.4 Å². The van der Waals surface area contributed by atoms with Crippen molar-refractivity contribution >= 4 is 18.0 Å². The van der Waals surface area contributed by atoms with Crippen molar-refractivity contribution < 1.29 is 13.2 Å². The fourth-order valence-electron chi connectivity index (χ4n) is 4.15. The molecule has 4 rings (SSSR count). The molecule has 0 amide bonds. The molecule has 0 N–H and O–H groups in total. The lowest BCUT2D eigenvalue weighted by Crippen LogP contribution is -2.31. The Bertz CT molecular complexity index is 1040. The zero-order valence-corrected chi connectivity index (χ0v) is 18.8. The van der Waals surface area contributed by atoms with Crippen LogP contribution in [0.1, 0.15) is 47.2 Å². The van der Waals surface area contributed by atoms with E-state index in [1.807, 2.05) is 6.07 Å². The monoisotopic (exact) mass is 457 g/mol. The van der Waals surface area contributed by atoms with Gasteiger partial charge in [-0.15, -0.1) is 12.4 Å². The van der Waals surface area contributed by atoms with Gasteiger partial charge in [0, 0.05) is 19.1 Å². The van der Waals surface area contributed by atoms with Crippen molar-refractivity contribution in [3.63, 3.8) is 0 Å². The third-order valence-corrected chi connectivity index (χ3v) is 6.06. The van der Waals surface area contributed by atoms with Crippen LogP contribution in [0.15, 0.2) is 84.9 Å². The van der Waals surface area contributed by atoms with E-state index in [0.29, 0.717) is 5.56 Å². The molecular weight excluding hydrogens is 431 g/mol. The Kier molecular flexibility index (Phi) is 7.81. The first-order valence-corrected chi connectivity index (χ1v) is 10.6. The van der Waals surface area contributed by atoms with Crippen molar-refractivity contribution in [2.75, 3.05) is 13.1 Å². The molecule has 0 aromatic heterocycles. The lowest BCUT2D eigenvalue weighted by molar-refractivity contribution is -0.137. The molecular formula is C27H27ClF3N. The van der Waals surface area contributed by atoms with Gasteiger partial charge in [-0.05, 0) is 59.7 Å². The largest absolute Gasteiger partial charge is 0.416 e. The Morgan fingerprint density at radius 3 is 2.19 bits per heavy atom. The van der Waals surface area contributed by atoms with E-state index in [1.54, 1.807) is 6.07 Å². The van der Waals surface area contributed by atoms with E-state index < -0.39 is 11.7 Å². The highest BCUT2D eigenvalue weighted by Crippen LogP contribution is 2.33. The zero-order chi connectivity index (χ0) is 21.8. The summed E-state index contributed by atoms with van der Waals surface area (Å²) in [5.74, 6) is 0. The van der Waals surface area contributed by atoms with Crippen molar-refractivity contribution in [3.8, 4) is 0 Å². The second kappa shape index (κ2) is 10.4. The Balaban J connectivity index is 0.00000289. The van der Waals surface area contributed by atoms with Gasteiger partial charge in [0.15, 0.2) is 0 Å². The average molecular weight is 458 g/mol.